The molecule has 1 rings (SSSR count). The van der Waals surface area contributed by atoms with E-state index in [4.69, 9.17) is 21.7 Å². The van der Waals surface area contributed by atoms with E-state index >= 15 is 0 Å². The van der Waals surface area contributed by atoms with Crippen LogP contribution in [0, 0.1) is 0 Å². The van der Waals surface area contributed by atoms with Crippen molar-refractivity contribution < 1.29 is 29.7 Å². The predicted molar refractivity (Wildman–Crippen MR) is 88.9 cm³/mol. The van der Waals surface area contributed by atoms with Gasteiger partial charge in [-0.2, -0.15) is 0 Å². The van der Waals surface area contributed by atoms with E-state index in [0.717, 1.165) is 0 Å². The van der Waals surface area contributed by atoms with Crippen molar-refractivity contribution in [3.63, 3.8) is 0 Å². The van der Waals surface area contributed by atoms with Crippen molar-refractivity contribution in [1.29, 1.82) is 0 Å². The summed E-state index contributed by atoms with van der Waals surface area (Å²) in [4.78, 5) is 34.3. The van der Waals surface area contributed by atoms with Crippen molar-refractivity contribution in [1.82, 2.24) is 21.5 Å². The first-order valence-corrected chi connectivity index (χ1v) is 8.39. The summed E-state index contributed by atoms with van der Waals surface area (Å²) in [6.07, 6.45) is -1.53. The standard InChI is InChI=1S/C12H24N6O6S/c1-4(20)8(11(22)23)16-12(24)15-6(2-7(14)21)10-18-17-9(25-10)5(13)3-19/h4-6,8-10,17-20H,2-3,13H2,1H3,(H2,14,21)(H,22,23)(H2,15,16,24)/t4?,5-,6-,8?,9?,10?/m0/s1. The summed E-state index contributed by atoms with van der Waals surface area (Å²) in [5.41, 5.74) is 16.6. The molecule has 0 bridgehead atoms. The van der Waals surface area contributed by atoms with Gasteiger partial charge in [-0.3, -0.25) is 4.79 Å². The van der Waals surface area contributed by atoms with Crippen molar-refractivity contribution in [2.45, 2.75) is 48.3 Å². The molecule has 1 aliphatic rings. The minimum absolute atomic E-state index is 0.215. The third-order valence-electron chi connectivity index (χ3n) is 3.40. The molecule has 1 heterocycles. The van der Waals surface area contributed by atoms with Gasteiger partial charge in [0.25, 0.3) is 0 Å². The van der Waals surface area contributed by atoms with Crippen LogP contribution >= 0.6 is 11.8 Å². The zero-order valence-corrected chi connectivity index (χ0v) is 14.3. The lowest BCUT2D eigenvalue weighted by Crippen LogP contribution is -2.57. The van der Waals surface area contributed by atoms with Crippen LogP contribution < -0.4 is 33.0 Å². The highest BCUT2D eigenvalue weighted by atomic mass is 32.2. The van der Waals surface area contributed by atoms with Gasteiger partial charge < -0.3 is 37.4 Å². The number of amides is 3. The summed E-state index contributed by atoms with van der Waals surface area (Å²) in [5.74, 6) is -2.08. The highest BCUT2D eigenvalue weighted by molar-refractivity contribution is 8.00. The number of carboxylic acids is 1. The van der Waals surface area contributed by atoms with Crippen LogP contribution in [0.5, 0.6) is 0 Å². The molecule has 0 aromatic heterocycles. The minimum Gasteiger partial charge on any atom is -0.480 e. The fourth-order valence-electron chi connectivity index (χ4n) is 2.08. The fraction of sp³-hybridized carbons (Fsp3) is 0.750. The number of hydrogen-bond acceptors (Lipinski definition) is 9. The molecule has 25 heavy (non-hydrogen) atoms. The molecule has 12 nitrogen and oxygen atoms in total. The number of nitrogens with two attached hydrogens (primary N) is 2. The van der Waals surface area contributed by atoms with E-state index in [1.165, 1.54) is 18.7 Å². The van der Waals surface area contributed by atoms with Gasteiger partial charge in [-0.05, 0) is 6.92 Å². The second kappa shape index (κ2) is 9.74. The Bertz CT molecular complexity index is 495. The van der Waals surface area contributed by atoms with Gasteiger partial charge in [-0.25, -0.2) is 20.4 Å². The molecule has 1 aliphatic heterocycles. The summed E-state index contributed by atoms with van der Waals surface area (Å²) in [6, 6.07) is -3.74. The first-order valence-electron chi connectivity index (χ1n) is 7.44. The Morgan fingerprint density at radius 1 is 1.24 bits per heavy atom. The number of carbonyl (C=O) groups is 3. The molecule has 11 N–H and O–H groups in total. The van der Waals surface area contributed by atoms with E-state index in [-0.39, 0.29) is 18.4 Å². The van der Waals surface area contributed by atoms with Crippen LogP contribution in [-0.4, -0.2) is 74.8 Å². The summed E-state index contributed by atoms with van der Waals surface area (Å²) < 4.78 is 0. The second-order valence-electron chi connectivity index (χ2n) is 5.56. The van der Waals surface area contributed by atoms with Gasteiger partial charge in [0, 0.05) is 6.42 Å². The van der Waals surface area contributed by atoms with Gasteiger partial charge in [0.2, 0.25) is 5.91 Å². The largest absolute Gasteiger partial charge is 0.480 e. The normalized spacial score (nSPS) is 24.8. The quantitative estimate of drug-likeness (QED) is 0.190. The Labute approximate surface area is 148 Å². The maximum Gasteiger partial charge on any atom is 0.328 e. The maximum atomic E-state index is 12.0. The lowest BCUT2D eigenvalue weighted by atomic mass is 10.2. The molecule has 1 saturated heterocycles. The molecule has 0 aromatic carbocycles. The van der Waals surface area contributed by atoms with Gasteiger partial charge in [0.1, 0.15) is 0 Å². The Morgan fingerprint density at radius 3 is 2.32 bits per heavy atom. The lowest BCUT2D eigenvalue weighted by Gasteiger charge is -2.25. The molecule has 0 aromatic rings. The van der Waals surface area contributed by atoms with Crippen molar-refractivity contribution in [2.24, 2.45) is 11.5 Å². The number of aliphatic hydroxyl groups is 2. The number of aliphatic hydroxyl groups excluding tert-OH is 2. The number of primary amides is 1. The molecule has 4 unspecified atom stereocenters. The summed E-state index contributed by atoms with van der Waals surface area (Å²) in [5, 5.41) is 31.1. The number of thioether (sulfide) groups is 1. The minimum atomic E-state index is -1.51. The van der Waals surface area contributed by atoms with Gasteiger partial charge in [-0.1, -0.05) is 0 Å². The van der Waals surface area contributed by atoms with Gasteiger partial charge in [0.15, 0.2) is 6.04 Å². The molecule has 3 amide bonds. The number of carboxylic acid groups (broad SMARTS) is 1. The highest BCUT2D eigenvalue weighted by Gasteiger charge is 2.36. The molecule has 0 radical (unpaired) electrons. The van der Waals surface area contributed by atoms with Crippen LogP contribution in [0.4, 0.5) is 4.79 Å². The third-order valence-corrected chi connectivity index (χ3v) is 4.90. The number of carbonyl (C=O) groups excluding carboxylic acids is 2. The van der Waals surface area contributed by atoms with E-state index < -0.39 is 47.5 Å². The van der Waals surface area contributed by atoms with E-state index in [0.29, 0.717) is 0 Å². The molecule has 144 valence electrons. The fourth-order valence-corrected chi connectivity index (χ4v) is 3.31. The number of hydrogen-bond donors (Lipinski definition) is 9. The van der Waals surface area contributed by atoms with Crippen LogP contribution in [-0.2, 0) is 9.59 Å². The number of urea groups is 1. The van der Waals surface area contributed by atoms with Crippen molar-refractivity contribution >= 4 is 29.7 Å². The summed E-state index contributed by atoms with van der Waals surface area (Å²) in [7, 11) is 0. The Morgan fingerprint density at radius 2 is 1.84 bits per heavy atom. The Kier molecular flexibility index (Phi) is 8.34. The topological polar surface area (TPSA) is 212 Å². The van der Waals surface area contributed by atoms with Gasteiger partial charge >= 0.3 is 12.0 Å². The van der Waals surface area contributed by atoms with Crippen molar-refractivity contribution in [3.05, 3.63) is 0 Å². The number of aliphatic carboxylic acids is 1. The van der Waals surface area contributed by atoms with E-state index in [1.807, 2.05) is 0 Å². The van der Waals surface area contributed by atoms with E-state index in [9.17, 15) is 19.5 Å². The maximum absolute atomic E-state index is 12.0. The van der Waals surface area contributed by atoms with Crippen LogP contribution in [0.25, 0.3) is 0 Å². The molecule has 0 saturated carbocycles. The van der Waals surface area contributed by atoms with Crippen molar-refractivity contribution in [3.8, 4) is 0 Å². The average Bonchev–Trinajstić information content (AvgIpc) is 3.00. The molecule has 0 spiro atoms. The molecular formula is C12H24N6O6S. The molecule has 1 fully saturated rings. The third kappa shape index (κ3) is 6.64. The Balaban J connectivity index is 2.71. The van der Waals surface area contributed by atoms with Crippen LogP contribution in [0.3, 0.4) is 0 Å². The Hall–Kier alpha value is -1.64. The summed E-state index contributed by atoms with van der Waals surface area (Å²) in [6.45, 7) is 0.960. The zero-order valence-electron chi connectivity index (χ0n) is 13.5. The molecule has 6 atom stereocenters. The number of hydrazine groups is 1. The smallest absolute Gasteiger partial charge is 0.328 e. The van der Waals surface area contributed by atoms with Crippen molar-refractivity contribution in [2.75, 3.05) is 6.61 Å². The van der Waals surface area contributed by atoms with E-state index in [2.05, 4.69) is 21.5 Å². The second-order valence-corrected chi connectivity index (χ2v) is 6.85. The highest BCUT2D eigenvalue weighted by Crippen LogP contribution is 2.24. The number of rotatable bonds is 9. The SMILES string of the molecule is CC(O)C(NC(=O)N[C@@H](CC(N)=O)C1NNC([C@@H](N)CO)S1)C(=O)O. The van der Waals surface area contributed by atoms with Crippen LogP contribution in [0.2, 0.25) is 0 Å². The van der Waals surface area contributed by atoms with Gasteiger partial charge in [0.05, 0.1) is 35.5 Å². The summed E-state index contributed by atoms with van der Waals surface area (Å²) >= 11 is 1.24. The predicted octanol–water partition coefficient (Wildman–Crippen LogP) is -3.82. The lowest BCUT2D eigenvalue weighted by molar-refractivity contribution is -0.141. The molecule has 0 aliphatic carbocycles. The first-order chi connectivity index (χ1) is 11.6. The zero-order chi connectivity index (χ0) is 19.1. The van der Waals surface area contributed by atoms with Crippen LogP contribution in [0.15, 0.2) is 0 Å². The molecular weight excluding hydrogens is 356 g/mol. The molecule has 13 heteroatoms. The first kappa shape index (κ1) is 21.4. The van der Waals surface area contributed by atoms with E-state index in [1.54, 1.807) is 0 Å². The number of nitrogens with one attached hydrogen (secondary N) is 4. The monoisotopic (exact) mass is 380 g/mol. The van der Waals surface area contributed by atoms with Crippen LogP contribution in [0.1, 0.15) is 13.3 Å². The van der Waals surface area contributed by atoms with Gasteiger partial charge in [-0.15, -0.1) is 11.8 Å². The average molecular weight is 380 g/mol.